The molecule has 38 heavy (non-hydrogen) atoms. The Morgan fingerprint density at radius 2 is 1.68 bits per heavy atom. The number of ether oxygens (including phenoxy) is 1. The van der Waals surface area contributed by atoms with Crippen molar-refractivity contribution < 1.29 is 9.53 Å². The molecule has 4 aliphatic rings. The molecule has 0 aromatic rings. The fourth-order valence-electron chi connectivity index (χ4n) is 10.7. The number of primary amides is 1. The molecule has 0 aromatic carbocycles. The number of carbonyl (C=O) groups excluding carboxylic acids is 1. The molecule has 1 unspecified atom stereocenters. The van der Waals surface area contributed by atoms with Crippen LogP contribution in [0.3, 0.4) is 0 Å². The second-order valence-electron chi connectivity index (χ2n) is 15.1. The molecule has 0 spiro atoms. The number of rotatable bonds is 13. The van der Waals surface area contributed by atoms with Crippen LogP contribution < -0.4 is 11.1 Å². The van der Waals surface area contributed by atoms with Crippen LogP contribution in [0.25, 0.3) is 0 Å². The molecule has 9 atom stereocenters. The summed E-state index contributed by atoms with van der Waals surface area (Å²) in [6.45, 7) is 14.4. The van der Waals surface area contributed by atoms with Gasteiger partial charge < -0.3 is 15.8 Å². The van der Waals surface area contributed by atoms with Crippen LogP contribution in [0, 0.1) is 52.3 Å². The van der Waals surface area contributed by atoms with Crippen LogP contribution in [-0.2, 0) is 4.74 Å². The molecule has 4 saturated carbocycles. The van der Waals surface area contributed by atoms with Gasteiger partial charge in [-0.2, -0.15) is 0 Å². The summed E-state index contributed by atoms with van der Waals surface area (Å²) in [4.78, 5) is 10.7. The first kappa shape index (κ1) is 30.2. The van der Waals surface area contributed by atoms with Crippen molar-refractivity contribution in [3.05, 3.63) is 0 Å². The van der Waals surface area contributed by atoms with Crippen LogP contribution in [0.1, 0.15) is 137 Å². The summed E-state index contributed by atoms with van der Waals surface area (Å²) in [5.41, 5.74) is 6.14. The Morgan fingerprint density at radius 1 is 0.895 bits per heavy atom. The van der Waals surface area contributed by atoms with E-state index in [2.05, 4.69) is 39.9 Å². The van der Waals surface area contributed by atoms with Crippen molar-refractivity contribution in [3.8, 4) is 0 Å². The fraction of sp³-hybridized carbons (Fsp3) is 0.971. The van der Waals surface area contributed by atoms with Gasteiger partial charge in [0.2, 0.25) is 0 Å². The minimum absolute atomic E-state index is 0.464. The molecule has 4 rings (SSSR count). The van der Waals surface area contributed by atoms with E-state index in [1.165, 1.54) is 89.9 Å². The topological polar surface area (TPSA) is 64.3 Å². The molecule has 220 valence electrons. The van der Waals surface area contributed by atoms with Gasteiger partial charge in [0.25, 0.3) is 0 Å². The predicted molar refractivity (Wildman–Crippen MR) is 159 cm³/mol. The van der Waals surface area contributed by atoms with E-state index in [1.54, 1.807) is 0 Å². The van der Waals surface area contributed by atoms with Gasteiger partial charge in [0, 0.05) is 6.04 Å². The smallest absolute Gasteiger partial charge is 0.404 e. The molecule has 0 aromatic heterocycles. The summed E-state index contributed by atoms with van der Waals surface area (Å²) in [5, 5.41) is 4.13. The van der Waals surface area contributed by atoms with Gasteiger partial charge in [-0.25, -0.2) is 4.79 Å². The summed E-state index contributed by atoms with van der Waals surface area (Å²) in [6.07, 6.45) is 21.3. The fourth-order valence-corrected chi connectivity index (χ4v) is 10.7. The van der Waals surface area contributed by atoms with Gasteiger partial charge in [-0.1, -0.05) is 73.1 Å². The molecule has 0 saturated heterocycles. The Labute approximate surface area is 235 Å². The van der Waals surface area contributed by atoms with Crippen molar-refractivity contribution in [2.24, 2.45) is 58.0 Å². The van der Waals surface area contributed by atoms with Crippen LogP contribution in [-0.4, -0.2) is 25.3 Å². The Balaban J connectivity index is 1.34. The molecule has 4 heteroatoms. The van der Waals surface area contributed by atoms with Crippen molar-refractivity contribution in [1.29, 1.82) is 0 Å². The van der Waals surface area contributed by atoms with E-state index in [4.69, 9.17) is 10.5 Å². The molecule has 4 fully saturated rings. The van der Waals surface area contributed by atoms with E-state index >= 15 is 0 Å². The first-order valence-corrected chi connectivity index (χ1v) is 16.8. The number of hydrogen-bond donors (Lipinski definition) is 2. The summed E-state index contributed by atoms with van der Waals surface area (Å²) in [7, 11) is 0. The van der Waals surface area contributed by atoms with E-state index in [0.717, 1.165) is 60.8 Å². The van der Waals surface area contributed by atoms with Gasteiger partial charge in [-0.3, -0.25) is 0 Å². The third kappa shape index (κ3) is 6.41. The number of fused-ring (bicyclic) bond motifs is 5. The Hall–Kier alpha value is -0.770. The highest BCUT2D eigenvalue weighted by Crippen LogP contribution is 2.68. The second-order valence-corrected chi connectivity index (χ2v) is 15.1. The summed E-state index contributed by atoms with van der Waals surface area (Å²) in [6, 6.07) is 0.698. The van der Waals surface area contributed by atoms with Crippen molar-refractivity contribution >= 4 is 6.09 Å². The molecular formula is C34H62N2O2. The normalized spacial score (nSPS) is 39.3. The van der Waals surface area contributed by atoms with Crippen molar-refractivity contribution in [2.45, 2.75) is 143 Å². The minimum Gasteiger partial charge on any atom is -0.450 e. The maximum atomic E-state index is 10.7. The number of carbonyl (C=O) groups is 1. The third-order valence-electron chi connectivity index (χ3n) is 12.7. The minimum atomic E-state index is -0.648. The van der Waals surface area contributed by atoms with E-state index in [-0.39, 0.29) is 0 Å². The van der Waals surface area contributed by atoms with Gasteiger partial charge in [0.15, 0.2) is 0 Å². The van der Waals surface area contributed by atoms with E-state index < -0.39 is 6.09 Å². The van der Waals surface area contributed by atoms with Crippen LogP contribution in [0.2, 0.25) is 0 Å². The van der Waals surface area contributed by atoms with Crippen molar-refractivity contribution in [1.82, 2.24) is 5.32 Å². The third-order valence-corrected chi connectivity index (χ3v) is 12.7. The second kappa shape index (κ2) is 13.3. The van der Waals surface area contributed by atoms with Gasteiger partial charge in [0.05, 0.1) is 6.61 Å². The zero-order valence-electron chi connectivity index (χ0n) is 25.7. The highest BCUT2D eigenvalue weighted by Gasteiger charge is 2.61. The first-order chi connectivity index (χ1) is 18.2. The average molecular weight is 531 g/mol. The predicted octanol–water partition coefficient (Wildman–Crippen LogP) is 8.72. The highest BCUT2D eigenvalue weighted by molar-refractivity contribution is 5.64. The monoisotopic (exact) mass is 530 g/mol. The molecule has 0 radical (unpaired) electrons. The molecule has 0 aliphatic heterocycles. The summed E-state index contributed by atoms with van der Waals surface area (Å²) in [5.74, 6) is 6.51. The quantitative estimate of drug-likeness (QED) is 0.234. The molecule has 4 nitrogen and oxygen atoms in total. The van der Waals surface area contributed by atoms with Gasteiger partial charge in [-0.15, -0.1) is 0 Å². The molecule has 0 heterocycles. The Morgan fingerprint density at radius 3 is 2.45 bits per heavy atom. The van der Waals surface area contributed by atoms with E-state index in [1.807, 2.05) is 0 Å². The van der Waals surface area contributed by atoms with Gasteiger partial charge >= 0.3 is 6.09 Å². The number of amides is 1. The molecule has 4 aliphatic carbocycles. The highest BCUT2D eigenvalue weighted by atomic mass is 16.5. The molecule has 3 N–H and O–H groups in total. The van der Waals surface area contributed by atoms with Crippen LogP contribution in [0.4, 0.5) is 4.79 Å². The van der Waals surface area contributed by atoms with Crippen LogP contribution in [0.5, 0.6) is 0 Å². The van der Waals surface area contributed by atoms with Crippen LogP contribution in [0.15, 0.2) is 0 Å². The average Bonchev–Trinajstić information content (AvgIpc) is 3.22. The summed E-state index contributed by atoms with van der Waals surface area (Å²) >= 11 is 0. The maximum absolute atomic E-state index is 10.7. The summed E-state index contributed by atoms with van der Waals surface area (Å²) < 4.78 is 4.87. The SMILES string of the molecule is CC(C)CCC[C@H](C)[C@@H]1CC[C@H]2[C@H]3CC[C@H]4CCCC(NCCCCCCOC(N)=O)[C@]4(C)[C@H]3CC[C@@]21C. The lowest BCUT2D eigenvalue weighted by Crippen LogP contribution is -2.61. The first-order valence-electron chi connectivity index (χ1n) is 16.8. The lowest BCUT2D eigenvalue weighted by atomic mass is 9.43. The molecule has 1 amide bonds. The van der Waals surface area contributed by atoms with E-state index in [9.17, 15) is 4.79 Å². The van der Waals surface area contributed by atoms with Gasteiger partial charge in [0.1, 0.15) is 0 Å². The Bertz CT molecular complexity index is 755. The van der Waals surface area contributed by atoms with Crippen molar-refractivity contribution in [3.63, 3.8) is 0 Å². The number of nitrogens with one attached hydrogen (secondary N) is 1. The lowest BCUT2D eigenvalue weighted by Gasteiger charge is -2.63. The largest absolute Gasteiger partial charge is 0.450 e. The molecule has 0 bridgehead atoms. The standard InChI is InChI=1S/C34H62N2O2/c1-24(2)12-10-13-25(3)28-18-19-29-27-17-16-26-14-11-15-31(34(26,5)30(27)20-21-33(28,29)4)36-22-8-6-7-9-23-38-32(35)37/h24-31,36H,6-23H2,1-5H3,(H2,35,37)/t25-,26+,27+,28-,29-,30-,31?,33+,34-/m0/s1. The molecular weight excluding hydrogens is 468 g/mol. The Kier molecular flexibility index (Phi) is 10.5. The lowest BCUT2D eigenvalue weighted by molar-refractivity contribution is -0.127. The number of nitrogens with two attached hydrogens (primary N) is 1. The zero-order valence-corrected chi connectivity index (χ0v) is 25.7. The van der Waals surface area contributed by atoms with Gasteiger partial charge in [-0.05, 0) is 123 Å². The maximum Gasteiger partial charge on any atom is 0.404 e. The van der Waals surface area contributed by atoms with Crippen molar-refractivity contribution in [2.75, 3.05) is 13.2 Å². The van der Waals surface area contributed by atoms with Crippen LogP contribution >= 0.6 is 0 Å². The zero-order chi connectivity index (χ0) is 27.3. The number of unbranched alkanes of at least 4 members (excludes halogenated alkanes) is 3. The van der Waals surface area contributed by atoms with E-state index in [0.29, 0.717) is 23.5 Å². The number of hydrogen-bond acceptors (Lipinski definition) is 3.